The summed E-state index contributed by atoms with van der Waals surface area (Å²) in [4.78, 5) is 15.8. The van der Waals surface area contributed by atoms with Crippen LogP contribution in [-0.4, -0.2) is 32.5 Å². The number of rotatable bonds is 10. The summed E-state index contributed by atoms with van der Waals surface area (Å²) < 4.78 is 0. The molecule has 33 heavy (non-hydrogen) atoms. The van der Waals surface area contributed by atoms with Crippen LogP contribution in [0.2, 0.25) is 0 Å². The van der Waals surface area contributed by atoms with E-state index in [9.17, 15) is 0 Å². The van der Waals surface area contributed by atoms with E-state index in [0.29, 0.717) is 12.0 Å². The lowest BCUT2D eigenvalue weighted by Gasteiger charge is -2.06. The van der Waals surface area contributed by atoms with Gasteiger partial charge in [0.05, 0.1) is 36.9 Å². The number of aromatic nitrogens is 4. The summed E-state index contributed by atoms with van der Waals surface area (Å²) in [6.45, 7) is 11.2. The third-order valence-corrected chi connectivity index (χ3v) is 5.50. The summed E-state index contributed by atoms with van der Waals surface area (Å²) >= 11 is 0. The molecule has 4 aromatic rings. The molecular formula is C27H34N6. The largest absolute Gasteiger partial charge is 0.341 e. The number of nitrogens with zero attached hydrogens (tertiary/aromatic N) is 2. The van der Waals surface area contributed by atoms with E-state index in [1.165, 1.54) is 11.1 Å². The molecule has 6 heteroatoms. The third kappa shape index (κ3) is 6.18. The molecule has 6 nitrogen and oxygen atoms in total. The smallest absolute Gasteiger partial charge is 0.120 e. The van der Waals surface area contributed by atoms with Crippen molar-refractivity contribution in [3.8, 4) is 33.6 Å². The zero-order chi connectivity index (χ0) is 23.2. The Morgan fingerprint density at radius 2 is 1.12 bits per heavy atom. The van der Waals surface area contributed by atoms with Crippen molar-refractivity contribution >= 4 is 0 Å². The Hall–Kier alpha value is -3.22. The number of hydrogen-bond donors (Lipinski definition) is 4. The molecule has 0 fully saturated rings. The lowest BCUT2D eigenvalue weighted by Crippen LogP contribution is -2.22. The Morgan fingerprint density at radius 3 is 1.58 bits per heavy atom. The Morgan fingerprint density at radius 1 is 0.667 bits per heavy atom. The van der Waals surface area contributed by atoms with E-state index in [0.717, 1.165) is 53.8 Å². The van der Waals surface area contributed by atoms with Crippen LogP contribution in [0.5, 0.6) is 0 Å². The van der Waals surface area contributed by atoms with Crippen molar-refractivity contribution in [3.63, 3.8) is 0 Å². The maximum Gasteiger partial charge on any atom is 0.120 e. The van der Waals surface area contributed by atoms with E-state index in [1.54, 1.807) is 0 Å². The molecule has 0 aliphatic carbocycles. The summed E-state index contributed by atoms with van der Waals surface area (Å²) in [5.74, 6) is 2.55. The first-order valence-electron chi connectivity index (χ1n) is 11.7. The Kier molecular flexibility index (Phi) is 7.37. The average Bonchev–Trinajstić information content (AvgIpc) is 3.48. The highest BCUT2D eigenvalue weighted by Crippen LogP contribution is 2.26. The minimum absolute atomic E-state index is 0.436. The quantitative estimate of drug-likeness (QED) is 0.266. The van der Waals surface area contributed by atoms with Crippen LogP contribution in [0.25, 0.3) is 33.6 Å². The lowest BCUT2D eigenvalue weighted by molar-refractivity contribution is 0.545. The van der Waals surface area contributed by atoms with E-state index in [4.69, 9.17) is 0 Å². The van der Waals surface area contributed by atoms with Crippen LogP contribution in [0.3, 0.4) is 0 Å². The number of hydrogen-bond acceptors (Lipinski definition) is 4. The molecule has 0 bridgehead atoms. The van der Waals surface area contributed by atoms with E-state index in [2.05, 4.69) is 107 Å². The van der Waals surface area contributed by atoms with Crippen molar-refractivity contribution in [2.45, 2.75) is 46.8 Å². The number of benzene rings is 2. The monoisotopic (exact) mass is 442 g/mol. The van der Waals surface area contributed by atoms with Gasteiger partial charge in [-0.15, -0.1) is 0 Å². The highest BCUT2D eigenvalue weighted by molar-refractivity contribution is 5.71. The second-order valence-corrected chi connectivity index (χ2v) is 9.20. The van der Waals surface area contributed by atoms with Gasteiger partial charge >= 0.3 is 0 Å². The van der Waals surface area contributed by atoms with Crippen LogP contribution in [0.4, 0.5) is 0 Å². The number of aromatic amines is 2. The molecule has 0 unspecified atom stereocenters. The molecule has 0 atom stereocenters. The van der Waals surface area contributed by atoms with Crippen molar-refractivity contribution in [1.82, 2.24) is 30.6 Å². The zero-order valence-electron chi connectivity index (χ0n) is 19.9. The minimum atomic E-state index is 0.436. The number of imidazole rings is 2. The molecule has 0 saturated heterocycles. The van der Waals surface area contributed by atoms with Gasteiger partial charge in [-0.25, -0.2) is 9.97 Å². The summed E-state index contributed by atoms with van der Waals surface area (Å²) in [5.41, 5.74) is 6.73. The SMILES string of the molecule is CC(C)CNCc1ncc(-c2ccc(-c3ccc(-c4cnc(CNC(C)C)[nH]4)cc3)cc2)[nH]1. The van der Waals surface area contributed by atoms with Crippen LogP contribution in [-0.2, 0) is 13.1 Å². The van der Waals surface area contributed by atoms with Gasteiger partial charge in [0.2, 0.25) is 0 Å². The molecule has 0 aliphatic heterocycles. The van der Waals surface area contributed by atoms with Crippen LogP contribution < -0.4 is 10.6 Å². The van der Waals surface area contributed by atoms with Gasteiger partial charge in [-0.1, -0.05) is 76.2 Å². The van der Waals surface area contributed by atoms with Crippen LogP contribution in [0.1, 0.15) is 39.3 Å². The molecule has 0 radical (unpaired) electrons. The molecule has 0 saturated carbocycles. The van der Waals surface area contributed by atoms with Gasteiger partial charge in [0.1, 0.15) is 11.6 Å². The molecular weight excluding hydrogens is 408 g/mol. The van der Waals surface area contributed by atoms with Gasteiger partial charge in [-0.05, 0) is 34.7 Å². The summed E-state index contributed by atoms with van der Waals surface area (Å²) in [7, 11) is 0. The number of H-pyrrole nitrogens is 2. The van der Waals surface area contributed by atoms with E-state index >= 15 is 0 Å². The van der Waals surface area contributed by atoms with Crippen molar-refractivity contribution in [3.05, 3.63) is 72.6 Å². The average molecular weight is 443 g/mol. The van der Waals surface area contributed by atoms with Crippen LogP contribution in [0, 0.1) is 5.92 Å². The molecule has 0 spiro atoms. The molecule has 4 rings (SSSR count). The first-order chi connectivity index (χ1) is 16.0. The highest BCUT2D eigenvalue weighted by Gasteiger charge is 2.07. The third-order valence-electron chi connectivity index (χ3n) is 5.50. The molecule has 2 aromatic carbocycles. The second kappa shape index (κ2) is 10.6. The maximum atomic E-state index is 4.50. The topological polar surface area (TPSA) is 81.4 Å². The van der Waals surface area contributed by atoms with Gasteiger partial charge in [0.25, 0.3) is 0 Å². The summed E-state index contributed by atoms with van der Waals surface area (Å²) in [6.07, 6.45) is 3.81. The first kappa shape index (κ1) is 23.0. The lowest BCUT2D eigenvalue weighted by atomic mass is 10.0. The predicted octanol–water partition coefficient (Wildman–Crippen LogP) is 5.38. The standard InChI is InChI=1S/C27H34N6/c1-18(2)13-28-16-26-30-14-24(32-26)22-9-5-20(6-10-22)21-7-11-23(12-8-21)25-15-31-27(33-25)17-29-19(3)4/h5-12,14-15,18-19,28-29H,13,16-17H2,1-4H3,(H,30,32)(H,31,33). The fourth-order valence-corrected chi connectivity index (χ4v) is 3.66. The minimum Gasteiger partial charge on any atom is -0.341 e. The van der Waals surface area contributed by atoms with Crippen LogP contribution in [0.15, 0.2) is 60.9 Å². The Balaban J connectivity index is 1.40. The molecule has 0 amide bonds. The molecule has 2 heterocycles. The highest BCUT2D eigenvalue weighted by atomic mass is 15.0. The Labute approximate surface area is 196 Å². The summed E-state index contributed by atoms with van der Waals surface area (Å²) in [6, 6.07) is 17.6. The van der Waals surface area contributed by atoms with Crippen LogP contribution >= 0.6 is 0 Å². The van der Waals surface area contributed by atoms with Gasteiger partial charge in [0, 0.05) is 6.04 Å². The van der Waals surface area contributed by atoms with Gasteiger partial charge < -0.3 is 20.6 Å². The fourth-order valence-electron chi connectivity index (χ4n) is 3.66. The second-order valence-electron chi connectivity index (χ2n) is 9.20. The zero-order valence-corrected chi connectivity index (χ0v) is 19.9. The van der Waals surface area contributed by atoms with Crippen molar-refractivity contribution < 1.29 is 0 Å². The number of nitrogens with one attached hydrogen (secondary N) is 4. The van der Waals surface area contributed by atoms with E-state index in [-0.39, 0.29) is 0 Å². The Bertz CT molecular complexity index is 1140. The molecule has 4 N–H and O–H groups in total. The summed E-state index contributed by atoms with van der Waals surface area (Å²) in [5, 5.41) is 6.81. The van der Waals surface area contributed by atoms with Gasteiger partial charge in [0.15, 0.2) is 0 Å². The maximum absolute atomic E-state index is 4.50. The van der Waals surface area contributed by atoms with E-state index < -0.39 is 0 Å². The van der Waals surface area contributed by atoms with Crippen molar-refractivity contribution in [1.29, 1.82) is 0 Å². The molecule has 172 valence electrons. The molecule has 2 aromatic heterocycles. The van der Waals surface area contributed by atoms with Gasteiger partial charge in [-0.2, -0.15) is 0 Å². The first-order valence-corrected chi connectivity index (χ1v) is 11.7. The van der Waals surface area contributed by atoms with E-state index in [1.807, 2.05) is 12.4 Å². The molecule has 0 aliphatic rings. The van der Waals surface area contributed by atoms with Crippen molar-refractivity contribution in [2.75, 3.05) is 6.54 Å². The van der Waals surface area contributed by atoms with Crippen molar-refractivity contribution in [2.24, 2.45) is 5.92 Å². The predicted molar refractivity (Wildman–Crippen MR) is 136 cm³/mol. The van der Waals surface area contributed by atoms with Gasteiger partial charge in [-0.3, -0.25) is 0 Å². The fraction of sp³-hybridized carbons (Fsp3) is 0.333. The normalized spacial score (nSPS) is 11.6.